The van der Waals surface area contributed by atoms with Gasteiger partial charge in [-0.05, 0) is 17.7 Å². The molecule has 2 atom stereocenters. The number of likely N-dealkylation sites (N-methyl/N-ethyl adjacent to an activating group) is 1. The maximum Gasteiger partial charge on any atom is 0.252 e. The third-order valence-corrected chi connectivity index (χ3v) is 2.44. The second-order valence-electron chi connectivity index (χ2n) is 3.36. The van der Waals surface area contributed by atoms with Gasteiger partial charge < -0.3 is 14.8 Å². The van der Waals surface area contributed by atoms with Gasteiger partial charge in [-0.3, -0.25) is 4.79 Å². The van der Waals surface area contributed by atoms with E-state index in [2.05, 4.69) is 5.32 Å². The molecule has 0 aromatic heterocycles. The lowest BCUT2D eigenvalue weighted by atomic mass is 10.1. The van der Waals surface area contributed by atoms with Crippen molar-refractivity contribution >= 4 is 5.91 Å². The molecular weight excluding hydrogens is 194 g/mol. The molecule has 1 aromatic rings. The Kier molecular flexibility index (Phi) is 2.60. The molecule has 0 unspecified atom stereocenters. The number of ether oxygens (including phenoxy) is 2. The van der Waals surface area contributed by atoms with Gasteiger partial charge >= 0.3 is 0 Å². The molecule has 1 N–H and O–H groups in total. The third-order valence-electron chi connectivity index (χ3n) is 2.44. The number of hydrogen-bond acceptors (Lipinski definition) is 3. The molecule has 0 radical (unpaired) electrons. The number of carbonyl (C=O) groups is 1. The van der Waals surface area contributed by atoms with Gasteiger partial charge in [0.25, 0.3) is 5.91 Å². The van der Waals surface area contributed by atoms with Crippen molar-refractivity contribution in [2.75, 3.05) is 14.2 Å². The Hall–Kier alpha value is -1.55. The molecule has 1 heterocycles. The van der Waals surface area contributed by atoms with Crippen LogP contribution in [0, 0.1) is 0 Å². The SMILES string of the molecule is CNC(=O)[C@@H]1O[C@H]1c1ccc(OC)cc1. The molecule has 0 aliphatic carbocycles. The first kappa shape index (κ1) is 9.98. The highest BCUT2D eigenvalue weighted by Crippen LogP contribution is 2.39. The summed E-state index contributed by atoms with van der Waals surface area (Å²) in [5.41, 5.74) is 1.00. The summed E-state index contributed by atoms with van der Waals surface area (Å²) in [5.74, 6) is 0.728. The van der Waals surface area contributed by atoms with E-state index in [1.54, 1.807) is 14.2 Å². The van der Waals surface area contributed by atoms with Crippen molar-refractivity contribution < 1.29 is 14.3 Å². The maximum atomic E-state index is 11.2. The van der Waals surface area contributed by atoms with Crippen molar-refractivity contribution in [3.8, 4) is 5.75 Å². The molecule has 0 spiro atoms. The van der Waals surface area contributed by atoms with Crippen LogP contribution in [0.2, 0.25) is 0 Å². The third kappa shape index (κ3) is 1.94. The quantitative estimate of drug-likeness (QED) is 0.748. The summed E-state index contributed by atoms with van der Waals surface area (Å²) in [6, 6.07) is 7.54. The van der Waals surface area contributed by atoms with Crippen molar-refractivity contribution in [2.45, 2.75) is 12.2 Å². The highest BCUT2D eigenvalue weighted by molar-refractivity contribution is 5.83. The molecule has 15 heavy (non-hydrogen) atoms. The lowest BCUT2D eigenvalue weighted by Crippen LogP contribution is -2.23. The molecule has 4 nitrogen and oxygen atoms in total. The first-order chi connectivity index (χ1) is 7.26. The Bertz CT molecular complexity index is 361. The Labute approximate surface area is 88.2 Å². The molecule has 1 saturated heterocycles. The zero-order chi connectivity index (χ0) is 10.8. The normalized spacial score (nSPS) is 23.3. The summed E-state index contributed by atoms with van der Waals surface area (Å²) < 4.78 is 10.3. The van der Waals surface area contributed by atoms with Gasteiger partial charge in [-0.2, -0.15) is 0 Å². The second kappa shape index (κ2) is 3.90. The lowest BCUT2D eigenvalue weighted by molar-refractivity contribution is -0.121. The molecular formula is C11H13NO3. The molecule has 1 aliphatic rings. The average Bonchev–Trinajstić information content (AvgIpc) is 3.08. The highest BCUT2D eigenvalue weighted by atomic mass is 16.6. The zero-order valence-corrected chi connectivity index (χ0v) is 8.69. The zero-order valence-electron chi connectivity index (χ0n) is 8.69. The number of rotatable bonds is 3. The van der Waals surface area contributed by atoms with Gasteiger partial charge in [0.2, 0.25) is 0 Å². The van der Waals surface area contributed by atoms with E-state index in [1.807, 2.05) is 24.3 Å². The Morgan fingerprint density at radius 3 is 2.60 bits per heavy atom. The standard InChI is InChI=1S/C11H13NO3/c1-12-11(13)10-9(15-10)7-3-5-8(14-2)6-4-7/h3-6,9-10H,1-2H3,(H,12,13)/t9-,10+/m0/s1. The van der Waals surface area contributed by atoms with Crippen molar-refractivity contribution in [1.29, 1.82) is 0 Å². The average molecular weight is 207 g/mol. The monoisotopic (exact) mass is 207 g/mol. The van der Waals surface area contributed by atoms with E-state index >= 15 is 0 Å². The van der Waals surface area contributed by atoms with E-state index in [1.165, 1.54) is 0 Å². The number of hydrogen-bond donors (Lipinski definition) is 1. The molecule has 1 amide bonds. The van der Waals surface area contributed by atoms with Crippen molar-refractivity contribution in [2.24, 2.45) is 0 Å². The summed E-state index contributed by atoms with van der Waals surface area (Å²) in [4.78, 5) is 11.2. The Morgan fingerprint density at radius 1 is 1.40 bits per heavy atom. The molecule has 1 fully saturated rings. The van der Waals surface area contributed by atoms with Crippen LogP contribution in [-0.4, -0.2) is 26.2 Å². The first-order valence-electron chi connectivity index (χ1n) is 4.77. The number of epoxide rings is 1. The van der Waals surface area contributed by atoms with Gasteiger partial charge in [0.15, 0.2) is 6.10 Å². The smallest absolute Gasteiger partial charge is 0.252 e. The maximum absolute atomic E-state index is 11.2. The van der Waals surface area contributed by atoms with Crippen LogP contribution in [0.3, 0.4) is 0 Å². The largest absolute Gasteiger partial charge is 0.497 e. The van der Waals surface area contributed by atoms with Crippen LogP contribution in [0.4, 0.5) is 0 Å². The fourth-order valence-corrected chi connectivity index (χ4v) is 1.50. The summed E-state index contributed by atoms with van der Waals surface area (Å²) in [6.45, 7) is 0. The predicted octanol–water partition coefficient (Wildman–Crippen LogP) is 0.881. The fourth-order valence-electron chi connectivity index (χ4n) is 1.50. The van der Waals surface area contributed by atoms with Crippen molar-refractivity contribution in [3.63, 3.8) is 0 Å². The topological polar surface area (TPSA) is 50.9 Å². The van der Waals surface area contributed by atoms with Gasteiger partial charge in [-0.25, -0.2) is 0 Å². The molecule has 80 valence electrons. The summed E-state index contributed by atoms with van der Waals surface area (Å²) in [7, 11) is 3.23. The van der Waals surface area contributed by atoms with Crippen LogP contribution < -0.4 is 10.1 Å². The van der Waals surface area contributed by atoms with Crippen LogP contribution in [0.5, 0.6) is 5.75 Å². The van der Waals surface area contributed by atoms with E-state index in [-0.39, 0.29) is 18.1 Å². The minimum absolute atomic E-state index is 0.0733. The summed E-state index contributed by atoms with van der Waals surface area (Å²) in [5, 5.41) is 2.56. The van der Waals surface area contributed by atoms with Crippen LogP contribution in [-0.2, 0) is 9.53 Å². The molecule has 2 rings (SSSR count). The van der Waals surface area contributed by atoms with Crippen LogP contribution in [0.15, 0.2) is 24.3 Å². The summed E-state index contributed by atoms with van der Waals surface area (Å²) in [6.07, 6.45) is -0.431. The van der Waals surface area contributed by atoms with Crippen LogP contribution in [0.25, 0.3) is 0 Å². The van der Waals surface area contributed by atoms with E-state index in [4.69, 9.17) is 9.47 Å². The van der Waals surface area contributed by atoms with E-state index in [9.17, 15) is 4.79 Å². The minimum atomic E-state index is -0.330. The Morgan fingerprint density at radius 2 is 2.07 bits per heavy atom. The van der Waals surface area contributed by atoms with E-state index in [0.717, 1.165) is 11.3 Å². The lowest BCUT2D eigenvalue weighted by Gasteiger charge is -2.00. The fraction of sp³-hybridized carbons (Fsp3) is 0.364. The van der Waals surface area contributed by atoms with Gasteiger partial charge in [-0.15, -0.1) is 0 Å². The first-order valence-corrected chi connectivity index (χ1v) is 4.77. The second-order valence-corrected chi connectivity index (χ2v) is 3.36. The molecule has 1 aromatic carbocycles. The number of methoxy groups -OCH3 is 1. The number of carbonyl (C=O) groups excluding carboxylic acids is 1. The summed E-state index contributed by atoms with van der Waals surface area (Å²) >= 11 is 0. The van der Waals surface area contributed by atoms with Gasteiger partial charge in [0.1, 0.15) is 11.9 Å². The van der Waals surface area contributed by atoms with Crippen molar-refractivity contribution in [1.82, 2.24) is 5.32 Å². The number of amides is 1. The number of nitrogens with one attached hydrogen (secondary N) is 1. The predicted molar refractivity (Wildman–Crippen MR) is 54.7 cm³/mol. The highest BCUT2D eigenvalue weighted by Gasteiger charge is 2.45. The van der Waals surface area contributed by atoms with Crippen molar-refractivity contribution in [3.05, 3.63) is 29.8 Å². The molecule has 4 heteroatoms. The number of benzene rings is 1. The Balaban J connectivity index is 2.04. The van der Waals surface area contributed by atoms with Gasteiger partial charge in [0, 0.05) is 7.05 Å². The van der Waals surface area contributed by atoms with Gasteiger partial charge in [-0.1, -0.05) is 12.1 Å². The van der Waals surface area contributed by atoms with Gasteiger partial charge in [0.05, 0.1) is 7.11 Å². The van der Waals surface area contributed by atoms with Crippen LogP contribution >= 0.6 is 0 Å². The molecule has 0 saturated carbocycles. The minimum Gasteiger partial charge on any atom is -0.497 e. The molecule has 1 aliphatic heterocycles. The van der Waals surface area contributed by atoms with Crippen LogP contribution in [0.1, 0.15) is 11.7 Å². The molecule has 0 bridgehead atoms. The van der Waals surface area contributed by atoms with E-state index in [0.29, 0.717) is 0 Å². The van der Waals surface area contributed by atoms with E-state index < -0.39 is 0 Å².